The van der Waals surface area contributed by atoms with E-state index in [1.165, 1.54) is 10.7 Å². The van der Waals surface area contributed by atoms with Gasteiger partial charge in [-0.25, -0.2) is 0 Å². The van der Waals surface area contributed by atoms with E-state index in [-0.39, 0.29) is 0 Å². The second-order valence-corrected chi connectivity index (χ2v) is 4.07. The van der Waals surface area contributed by atoms with E-state index in [2.05, 4.69) is 20.8 Å². The molecule has 0 spiro atoms. The molecule has 21 heavy (non-hydrogen) atoms. The van der Waals surface area contributed by atoms with Crippen molar-refractivity contribution in [2.24, 2.45) is 0 Å². The van der Waals surface area contributed by atoms with Crippen molar-refractivity contribution < 1.29 is 14.1 Å². The van der Waals surface area contributed by atoms with E-state index in [1.807, 2.05) is 0 Å². The van der Waals surface area contributed by atoms with Crippen LogP contribution in [0.2, 0.25) is 0 Å². The molecule has 1 aromatic heterocycles. The average molecular weight is 296 g/mol. The van der Waals surface area contributed by atoms with Gasteiger partial charge in [0.15, 0.2) is 5.82 Å². The Morgan fingerprint density at radius 2 is 2.33 bits per heavy atom. The number of rotatable bonds is 7. The van der Waals surface area contributed by atoms with Crippen LogP contribution in [-0.2, 0) is 11.3 Å². The van der Waals surface area contributed by atoms with Gasteiger partial charge in [-0.3, -0.25) is 10.1 Å². The molecule has 0 atom stereocenters. The molecule has 1 aromatic carbocycles. The zero-order valence-corrected chi connectivity index (χ0v) is 11.2. The number of hydrogen-bond donors (Lipinski definition) is 1. The molecule has 1 heterocycles. The molecular formula is C11H13FN6O3. The van der Waals surface area contributed by atoms with Gasteiger partial charge in [0, 0.05) is 19.7 Å². The van der Waals surface area contributed by atoms with E-state index in [1.54, 1.807) is 7.11 Å². The first-order valence-electron chi connectivity index (χ1n) is 6.04. The summed E-state index contributed by atoms with van der Waals surface area (Å²) >= 11 is 0. The summed E-state index contributed by atoms with van der Waals surface area (Å²) in [6.07, 6.45) is 0. The largest absolute Gasteiger partial charge is 0.383 e. The minimum Gasteiger partial charge on any atom is -0.383 e. The molecule has 112 valence electrons. The Kier molecular flexibility index (Phi) is 4.85. The molecule has 0 bridgehead atoms. The lowest BCUT2D eigenvalue weighted by atomic mass is 10.2. The smallest absolute Gasteiger partial charge is 0.306 e. The molecule has 0 amide bonds. The lowest BCUT2D eigenvalue weighted by Crippen LogP contribution is -2.21. The Morgan fingerprint density at radius 3 is 3.05 bits per heavy atom. The van der Waals surface area contributed by atoms with Crippen LogP contribution in [0.5, 0.6) is 0 Å². The molecule has 0 radical (unpaired) electrons. The van der Waals surface area contributed by atoms with Crippen LogP contribution in [0.15, 0.2) is 18.2 Å². The minimum atomic E-state index is -0.906. The van der Waals surface area contributed by atoms with E-state index in [0.29, 0.717) is 31.2 Å². The molecule has 0 saturated carbocycles. The maximum absolute atomic E-state index is 13.3. The van der Waals surface area contributed by atoms with Crippen molar-refractivity contribution in [2.75, 3.05) is 20.3 Å². The summed E-state index contributed by atoms with van der Waals surface area (Å²) in [7, 11) is 1.59. The zero-order valence-electron chi connectivity index (χ0n) is 11.2. The number of nitro groups is 1. The number of hydrogen-bond acceptors (Lipinski definition) is 7. The fourth-order valence-electron chi connectivity index (χ4n) is 1.66. The number of tetrazole rings is 1. The maximum atomic E-state index is 13.3. The Hall–Kier alpha value is -2.46. The van der Waals surface area contributed by atoms with Gasteiger partial charge in [0.05, 0.1) is 23.8 Å². The number of benzene rings is 1. The molecule has 1 N–H and O–H groups in total. The summed E-state index contributed by atoms with van der Waals surface area (Å²) in [5, 5.41) is 24.9. The molecule has 0 saturated heterocycles. The van der Waals surface area contributed by atoms with Crippen molar-refractivity contribution in [1.82, 2.24) is 25.5 Å². The number of ether oxygens (including phenoxy) is 1. The fourth-order valence-corrected chi connectivity index (χ4v) is 1.66. The van der Waals surface area contributed by atoms with Crippen LogP contribution in [0.1, 0.15) is 5.82 Å². The number of nitrogens with zero attached hydrogens (tertiary/aromatic N) is 5. The van der Waals surface area contributed by atoms with Gasteiger partial charge in [-0.1, -0.05) is 0 Å². The molecule has 0 aliphatic heterocycles. The maximum Gasteiger partial charge on any atom is 0.306 e. The van der Waals surface area contributed by atoms with E-state index >= 15 is 0 Å². The summed E-state index contributed by atoms with van der Waals surface area (Å²) in [4.78, 5) is 9.96. The Morgan fingerprint density at radius 1 is 1.52 bits per heavy atom. The van der Waals surface area contributed by atoms with Gasteiger partial charge in [0.1, 0.15) is 0 Å². The van der Waals surface area contributed by atoms with Gasteiger partial charge in [-0.15, -0.1) is 5.10 Å². The van der Waals surface area contributed by atoms with Crippen LogP contribution in [0, 0.1) is 15.9 Å². The van der Waals surface area contributed by atoms with Gasteiger partial charge in [0.25, 0.3) is 0 Å². The summed E-state index contributed by atoms with van der Waals surface area (Å²) in [5.41, 5.74) is -0.307. The number of halogens is 1. The van der Waals surface area contributed by atoms with Crippen LogP contribution in [0.3, 0.4) is 0 Å². The summed E-state index contributed by atoms with van der Waals surface area (Å²) < 4.78 is 19.5. The van der Waals surface area contributed by atoms with Crippen LogP contribution >= 0.6 is 0 Å². The highest BCUT2D eigenvalue weighted by atomic mass is 19.1. The second kappa shape index (κ2) is 6.81. The average Bonchev–Trinajstić information content (AvgIpc) is 2.92. The van der Waals surface area contributed by atoms with Crippen molar-refractivity contribution in [3.63, 3.8) is 0 Å². The quantitative estimate of drug-likeness (QED) is 0.449. The van der Waals surface area contributed by atoms with Crippen molar-refractivity contribution in [3.05, 3.63) is 40.0 Å². The predicted octanol–water partition coefficient (Wildman–Crippen LogP) is 0.446. The third-order valence-corrected chi connectivity index (χ3v) is 2.67. The monoisotopic (exact) mass is 296 g/mol. The Labute approximate surface area is 118 Å². The molecule has 10 heteroatoms. The lowest BCUT2D eigenvalue weighted by molar-refractivity contribution is -0.387. The van der Waals surface area contributed by atoms with E-state index in [9.17, 15) is 14.5 Å². The first-order chi connectivity index (χ1) is 10.1. The highest BCUT2D eigenvalue weighted by Crippen LogP contribution is 2.20. The molecule has 9 nitrogen and oxygen atoms in total. The molecule has 0 aliphatic rings. The summed E-state index contributed by atoms with van der Waals surface area (Å²) in [5.74, 6) is -0.455. The van der Waals surface area contributed by atoms with Crippen molar-refractivity contribution in [3.8, 4) is 5.69 Å². The first kappa shape index (κ1) is 14.9. The zero-order chi connectivity index (χ0) is 15.2. The lowest BCUT2D eigenvalue weighted by Gasteiger charge is -2.06. The number of nitro benzene ring substituents is 1. The fraction of sp³-hybridized carbons (Fsp3) is 0.364. The number of methoxy groups -OCH3 is 1. The van der Waals surface area contributed by atoms with Gasteiger partial charge in [0.2, 0.25) is 5.82 Å². The van der Waals surface area contributed by atoms with Crippen LogP contribution in [0.4, 0.5) is 10.1 Å². The standard InChI is InChI=1S/C11H13FN6O3/c1-21-5-4-13-7-11-14-15-16-17(11)8-2-3-9(12)10(6-8)18(19)20/h2-3,6,13H,4-5,7H2,1H3. The molecular weight excluding hydrogens is 283 g/mol. The van der Waals surface area contributed by atoms with E-state index < -0.39 is 16.4 Å². The van der Waals surface area contributed by atoms with Gasteiger partial charge in [-0.05, 0) is 22.6 Å². The summed E-state index contributed by atoms with van der Waals surface area (Å²) in [6.45, 7) is 1.48. The number of aromatic nitrogens is 4. The third-order valence-electron chi connectivity index (χ3n) is 2.67. The Bertz CT molecular complexity index is 632. The van der Waals surface area contributed by atoms with E-state index in [0.717, 1.165) is 12.1 Å². The Balaban J connectivity index is 2.21. The minimum absolute atomic E-state index is 0.316. The molecule has 0 fully saturated rings. The van der Waals surface area contributed by atoms with Crippen molar-refractivity contribution >= 4 is 5.69 Å². The highest BCUT2D eigenvalue weighted by molar-refractivity contribution is 5.44. The first-order valence-corrected chi connectivity index (χ1v) is 6.04. The normalized spacial score (nSPS) is 10.8. The predicted molar refractivity (Wildman–Crippen MR) is 69.3 cm³/mol. The SMILES string of the molecule is COCCNCc1nnnn1-c1ccc(F)c([N+](=O)[O-])c1. The molecule has 2 aromatic rings. The van der Waals surface area contributed by atoms with E-state index in [4.69, 9.17) is 4.74 Å². The summed E-state index contributed by atoms with van der Waals surface area (Å²) in [6, 6.07) is 3.47. The van der Waals surface area contributed by atoms with Crippen LogP contribution in [-0.4, -0.2) is 45.4 Å². The van der Waals surface area contributed by atoms with Crippen molar-refractivity contribution in [1.29, 1.82) is 0 Å². The van der Waals surface area contributed by atoms with Gasteiger partial charge in [-0.2, -0.15) is 9.07 Å². The molecule has 0 aliphatic carbocycles. The molecule has 2 rings (SSSR count). The third kappa shape index (κ3) is 3.55. The second-order valence-electron chi connectivity index (χ2n) is 4.07. The highest BCUT2D eigenvalue weighted by Gasteiger charge is 2.17. The van der Waals surface area contributed by atoms with Gasteiger partial charge >= 0.3 is 5.69 Å². The molecule has 0 unspecified atom stereocenters. The topological polar surface area (TPSA) is 108 Å². The van der Waals surface area contributed by atoms with Crippen molar-refractivity contribution in [2.45, 2.75) is 6.54 Å². The van der Waals surface area contributed by atoms with Crippen LogP contribution < -0.4 is 5.32 Å². The van der Waals surface area contributed by atoms with Crippen LogP contribution in [0.25, 0.3) is 5.69 Å². The van der Waals surface area contributed by atoms with Gasteiger partial charge < -0.3 is 10.1 Å². The number of nitrogens with one attached hydrogen (secondary N) is 1.